The highest BCUT2D eigenvalue weighted by Gasteiger charge is 2.15. The third-order valence-corrected chi connectivity index (χ3v) is 4.10. The molecule has 0 aliphatic carbocycles. The molecule has 3 rings (SSSR count). The maximum absolute atomic E-state index is 12.5. The van der Waals surface area contributed by atoms with Crippen LogP contribution < -0.4 is 16.2 Å². The van der Waals surface area contributed by atoms with Crippen molar-refractivity contribution in [2.24, 2.45) is 0 Å². The first kappa shape index (κ1) is 19.1. The van der Waals surface area contributed by atoms with Crippen LogP contribution in [0.2, 0.25) is 5.02 Å². The van der Waals surface area contributed by atoms with Gasteiger partial charge in [-0.1, -0.05) is 41.9 Å². The van der Waals surface area contributed by atoms with Gasteiger partial charge in [-0.15, -0.1) is 0 Å². The van der Waals surface area contributed by atoms with Crippen molar-refractivity contribution < 1.29 is 14.4 Å². The van der Waals surface area contributed by atoms with Gasteiger partial charge in [0.05, 0.1) is 11.3 Å². The second-order valence-corrected chi connectivity index (χ2v) is 6.22. The van der Waals surface area contributed by atoms with Crippen LogP contribution in [0.15, 0.2) is 78.9 Å². The zero-order valence-electron chi connectivity index (χ0n) is 14.6. The molecule has 0 atom stereocenters. The smallest absolute Gasteiger partial charge is 0.271 e. The number of hydrazine groups is 1. The summed E-state index contributed by atoms with van der Waals surface area (Å²) < 4.78 is 0. The number of hydrogen-bond donors (Lipinski definition) is 3. The van der Waals surface area contributed by atoms with Crippen LogP contribution in [0.1, 0.15) is 31.1 Å². The largest absolute Gasteiger partial charge is 0.321 e. The molecule has 3 N–H and O–H groups in total. The Bertz CT molecular complexity index is 1000. The van der Waals surface area contributed by atoms with Gasteiger partial charge in [-0.3, -0.25) is 25.2 Å². The van der Waals surface area contributed by atoms with Gasteiger partial charge in [-0.05, 0) is 48.5 Å². The van der Waals surface area contributed by atoms with Gasteiger partial charge in [0.15, 0.2) is 0 Å². The molecular weight excluding hydrogens is 378 g/mol. The fourth-order valence-corrected chi connectivity index (χ4v) is 2.55. The molecule has 140 valence electrons. The molecular formula is C21H16ClN3O3. The van der Waals surface area contributed by atoms with E-state index >= 15 is 0 Å². The summed E-state index contributed by atoms with van der Waals surface area (Å²) in [4.78, 5) is 36.9. The minimum Gasteiger partial charge on any atom is -0.321 e. The van der Waals surface area contributed by atoms with Gasteiger partial charge in [0, 0.05) is 16.1 Å². The number of benzene rings is 3. The highest BCUT2D eigenvalue weighted by molar-refractivity contribution is 6.30. The molecule has 0 saturated heterocycles. The monoisotopic (exact) mass is 393 g/mol. The number of amides is 3. The molecule has 0 heterocycles. The van der Waals surface area contributed by atoms with Gasteiger partial charge in [-0.25, -0.2) is 0 Å². The van der Waals surface area contributed by atoms with Crippen LogP contribution in [-0.4, -0.2) is 17.7 Å². The summed E-state index contributed by atoms with van der Waals surface area (Å²) in [6, 6.07) is 21.4. The highest BCUT2D eigenvalue weighted by atomic mass is 35.5. The Kier molecular flexibility index (Phi) is 6.04. The van der Waals surface area contributed by atoms with Crippen molar-refractivity contribution in [3.63, 3.8) is 0 Å². The lowest BCUT2D eigenvalue weighted by atomic mass is 10.1. The Balaban J connectivity index is 1.68. The van der Waals surface area contributed by atoms with Gasteiger partial charge < -0.3 is 5.32 Å². The predicted molar refractivity (Wildman–Crippen MR) is 107 cm³/mol. The molecule has 0 radical (unpaired) electrons. The summed E-state index contributed by atoms with van der Waals surface area (Å²) in [5.74, 6) is -1.40. The first-order valence-electron chi connectivity index (χ1n) is 8.36. The lowest BCUT2D eigenvalue weighted by Crippen LogP contribution is -2.41. The first-order valence-corrected chi connectivity index (χ1v) is 8.74. The van der Waals surface area contributed by atoms with Crippen molar-refractivity contribution in [2.75, 3.05) is 5.32 Å². The average Bonchev–Trinajstić information content (AvgIpc) is 2.73. The zero-order valence-corrected chi connectivity index (χ0v) is 15.4. The van der Waals surface area contributed by atoms with E-state index in [2.05, 4.69) is 16.2 Å². The molecule has 0 fully saturated rings. The molecule has 0 aromatic heterocycles. The van der Waals surface area contributed by atoms with Crippen molar-refractivity contribution in [1.29, 1.82) is 0 Å². The number of halogens is 1. The van der Waals surface area contributed by atoms with Crippen LogP contribution in [-0.2, 0) is 0 Å². The Labute approximate surface area is 166 Å². The fourth-order valence-electron chi connectivity index (χ4n) is 2.43. The van der Waals surface area contributed by atoms with Crippen molar-refractivity contribution >= 4 is 35.0 Å². The van der Waals surface area contributed by atoms with Gasteiger partial charge in [-0.2, -0.15) is 0 Å². The fraction of sp³-hybridized carbons (Fsp3) is 0. The summed E-state index contributed by atoms with van der Waals surface area (Å²) in [5, 5.41) is 3.21. The van der Waals surface area contributed by atoms with E-state index in [0.29, 0.717) is 21.8 Å². The quantitative estimate of drug-likeness (QED) is 0.591. The molecule has 0 unspecified atom stereocenters. The average molecular weight is 394 g/mol. The van der Waals surface area contributed by atoms with Crippen molar-refractivity contribution in [3.05, 3.63) is 101 Å². The molecule has 3 aromatic rings. The van der Waals surface area contributed by atoms with Crippen LogP contribution in [0.5, 0.6) is 0 Å². The zero-order chi connectivity index (χ0) is 19.9. The van der Waals surface area contributed by atoms with Crippen LogP contribution in [0.25, 0.3) is 0 Å². The lowest BCUT2D eigenvalue weighted by Gasteiger charge is -2.12. The van der Waals surface area contributed by atoms with Gasteiger partial charge in [0.2, 0.25) is 0 Å². The highest BCUT2D eigenvalue weighted by Crippen LogP contribution is 2.16. The normalized spacial score (nSPS) is 10.0. The summed E-state index contributed by atoms with van der Waals surface area (Å²) in [6.07, 6.45) is 0. The number of hydrogen-bond acceptors (Lipinski definition) is 3. The summed E-state index contributed by atoms with van der Waals surface area (Å²) in [5.41, 5.74) is 6.03. The second kappa shape index (κ2) is 8.83. The lowest BCUT2D eigenvalue weighted by molar-refractivity contribution is 0.0847. The SMILES string of the molecule is O=C(NNC(=O)c1ccccc1NC(=O)c1ccccc1)c1ccc(Cl)cc1. The number of carbonyl (C=O) groups is 3. The molecule has 6 nitrogen and oxygen atoms in total. The van der Waals surface area contributed by atoms with Gasteiger partial charge in [0.25, 0.3) is 17.7 Å². The Hall–Kier alpha value is -3.64. The summed E-state index contributed by atoms with van der Waals surface area (Å²) in [6.45, 7) is 0. The topological polar surface area (TPSA) is 87.3 Å². The Morgan fingerprint density at radius 3 is 1.89 bits per heavy atom. The van der Waals surface area contributed by atoms with E-state index in [4.69, 9.17) is 11.6 Å². The molecule has 3 amide bonds. The van der Waals surface area contributed by atoms with Gasteiger partial charge >= 0.3 is 0 Å². The number of para-hydroxylation sites is 1. The molecule has 0 saturated carbocycles. The minimum absolute atomic E-state index is 0.211. The molecule has 0 aliphatic heterocycles. The maximum atomic E-state index is 12.5. The molecule has 28 heavy (non-hydrogen) atoms. The number of anilines is 1. The van der Waals surface area contributed by atoms with E-state index in [1.54, 1.807) is 60.7 Å². The van der Waals surface area contributed by atoms with E-state index in [9.17, 15) is 14.4 Å². The van der Waals surface area contributed by atoms with E-state index in [-0.39, 0.29) is 11.5 Å². The molecule has 0 spiro atoms. The van der Waals surface area contributed by atoms with E-state index < -0.39 is 11.8 Å². The third-order valence-electron chi connectivity index (χ3n) is 3.85. The number of rotatable bonds is 4. The van der Waals surface area contributed by atoms with E-state index in [1.165, 1.54) is 12.1 Å². The molecule has 0 bridgehead atoms. The predicted octanol–water partition coefficient (Wildman–Crippen LogP) is 3.67. The molecule has 0 aliphatic rings. The minimum atomic E-state index is -0.564. The number of carbonyl (C=O) groups excluding carboxylic acids is 3. The number of nitrogens with one attached hydrogen (secondary N) is 3. The van der Waals surface area contributed by atoms with E-state index in [1.807, 2.05) is 6.07 Å². The van der Waals surface area contributed by atoms with Crippen LogP contribution >= 0.6 is 11.6 Å². The standard InChI is InChI=1S/C21H16ClN3O3/c22-16-12-10-15(11-13-16)20(27)24-25-21(28)17-8-4-5-9-18(17)23-19(26)14-6-2-1-3-7-14/h1-13H,(H,23,26)(H,24,27)(H,25,28). The van der Waals surface area contributed by atoms with Crippen LogP contribution in [0.3, 0.4) is 0 Å². The van der Waals surface area contributed by atoms with Gasteiger partial charge in [0.1, 0.15) is 0 Å². The van der Waals surface area contributed by atoms with Crippen molar-refractivity contribution in [3.8, 4) is 0 Å². The van der Waals surface area contributed by atoms with Crippen LogP contribution in [0.4, 0.5) is 5.69 Å². The summed E-state index contributed by atoms with van der Waals surface area (Å²) >= 11 is 5.79. The van der Waals surface area contributed by atoms with Crippen molar-refractivity contribution in [1.82, 2.24) is 10.9 Å². The maximum Gasteiger partial charge on any atom is 0.271 e. The Morgan fingerprint density at radius 2 is 1.18 bits per heavy atom. The third kappa shape index (κ3) is 4.75. The van der Waals surface area contributed by atoms with E-state index in [0.717, 1.165) is 0 Å². The summed E-state index contributed by atoms with van der Waals surface area (Å²) in [7, 11) is 0. The molecule has 3 aromatic carbocycles. The first-order chi connectivity index (χ1) is 13.5. The van der Waals surface area contributed by atoms with Crippen LogP contribution in [0, 0.1) is 0 Å². The Morgan fingerprint density at radius 1 is 0.607 bits per heavy atom. The second-order valence-electron chi connectivity index (χ2n) is 5.78. The van der Waals surface area contributed by atoms with Crippen molar-refractivity contribution in [2.45, 2.75) is 0 Å². The molecule has 7 heteroatoms.